The first-order chi connectivity index (χ1) is 10.6. The molecular weight excluding hydrogens is 435 g/mol. The molecule has 4 nitrogen and oxygen atoms in total. The molecule has 0 radical (unpaired) electrons. The van der Waals surface area contributed by atoms with Gasteiger partial charge in [0.2, 0.25) is 0 Å². The highest BCUT2D eigenvalue weighted by Gasteiger charge is 2.13. The van der Waals surface area contributed by atoms with E-state index in [1.165, 1.54) is 11.3 Å². The highest BCUT2D eigenvalue weighted by molar-refractivity contribution is 14.1. The van der Waals surface area contributed by atoms with Crippen LogP contribution in [0.5, 0.6) is 5.75 Å². The van der Waals surface area contributed by atoms with Crippen LogP contribution in [0.3, 0.4) is 0 Å². The Morgan fingerprint density at radius 3 is 2.91 bits per heavy atom. The number of rotatable bonds is 3. The lowest BCUT2D eigenvalue weighted by Crippen LogP contribution is -2.13. The fraction of sp³-hybridized carbons (Fsp3) is 0.0667. The number of halogens is 2. The lowest BCUT2D eigenvalue weighted by molar-refractivity contribution is 0.102. The van der Waals surface area contributed by atoms with Crippen LogP contribution in [0.25, 0.3) is 10.2 Å². The van der Waals surface area contributed by atoms with E-state index in [-0.39, 0.29) is 5.91 Å². The van der Waals surface area contributed by atoms with Crippen LogP contribution in [0.1, 0.15) is 10.4 Å². The summed E-state index contributed by atoms with van der Waals surface area (Å²) in [7, 11) is 1.62. The van der Waals surface area contributed by atoms with Gasteiger partial charge in [-0.25, -0.2) is 4.98 Å². The first-order valence-electron chi connectivity index (χ1n) is 6.28. The SMILES string of the molecule is COc1ccc2nc(NC(=O)c3cc(Cl)ccc3I)sc2c1. The summed E-state index contributed by atoms with van der Waals surface area (Å²) in [6.07, 6.45) is 0. The number of methoxy groups -OCH3 is 1. The van der Waals surface area contributed by atoms with Crippen molar-refractivity contribution in [3.63, 3.8) is 0 Å². The molecule has 2 aromatic carbocycles. The standard InChI is InChI=1S/C15H10ClIN2O2S/c1-21-9-3-5-12-13(7-9)22-15(18-12)19-14(20)10-6-8(16)2-4-11(10)17/h2-7H,1H3,(H,18,19,20). The van der Waals surface area contributed by atoms with Gasteiger partial charge in [0, 0.05) is 8.59 Å². The minimum Gasteiger partial charge on any atom is -0.497 e. The number of fused-ring (bicyclic) bond motifs is 1. The summed E-state index contributed by atoms with van der Waals surface area (Å²) < 4.78 is 6.98. The number of aromatic nitrogens is 1. The van der Waals surface area contributed by atoms with Crippen molar-refractivity contribution in [2.24, 2.45) is 0 Å². The molecule has 3 aromatic rings. The van der Waals surface area contributed by atoms with Crippen molar-refractivity contribution in [3.05, 3.63) is 50.6 Å². The number of nitrogens with zero attached hydrogens (tertiary/aromatic N) is 1. The van der Waals surface area contributed by atoms with E-state index < -0.39 is 0 Å². The molecule has 0 spiro atoms. The molecule has 1 amide bonds. The average Bonchev–Trinajstić information content (AvgIpc) is 2.90. The summed E-state index contributed by atoms with van der Waals surface area (Å²) in [6, 6.07) is 10.8. The van der Waals surface area contributed by atoms with Gasteiger partial charge >= 0.3 is 0 Å². The monoisotopic (exact) mass is 444 g/mol. The summed E-state index contributed by atoms with van der Waals surface area (Å²) in [5, 5.41) is 3.89. The Balaban J connectivity index is 1.89. The van der Waals surface area contributed by atoms with Gasteiger partial charge in [-0.05, 0) is 59.0 Å². The Kier molecular flexibility index (Phi) is 4.51. The third-order valence-corrected chi connectivity index (χ3v) is 5.10. The van der Waals surface area contributed by atoms with Crippen LogP contribution in [0, 0.1) is 3.57 Å². The number of ether oxygens (including phenoxy) is 1. The fourth-order valence-electron chi connectivity index (χ4n) is 1.92. The van der Waals surface area contributed by atoms with Crippen molar-refractivity contribution in [1.82, 2.24) is 4.98 Å². The molecule has 1 heterocycles. The van der Waals surface area contributed by atoms with Gasteiger partial charge in [0.15, 0.2) is 5.13 Å². The number of nitrogens with one attached hydrogen (secondary N) is 1. The maximum absolute atomic E-state index is 12.4. The maximum Gasteiger partial charge on any atom is 0.258 e. The summed E-state index contributed by atoms with van der Waals surface area (Å²) in [5.41, 5.74) is 1.35. The van der Waals surface area contributed by atoms with E-state index in [1.807, 2.05) is 18.2 Å². The number of carbonyl (C=O) groups excluding carboxylic acids is 1. The van der Waals surface area contributed by atoms with E-state index in [1.54, 1.807) is 25.3 Å². The van der Waals surface area contributed by atoms with Crippen molar-refractivity contribution in [1.29, 1.82) is 0 Å². The van der Waals surface area contributed by atoms with Crippen molar-refractivity contribution in [2.75, 3.05) is 12.4 Å². The highest BCUT2D eigenvalue weighted by atomic mass is 127. The molecule has 0 unspecified atom stereocenters. The number of carbonyl (C=O) groups is 1. The molecule has 22 heavy (non-hydrogen) atoms. The lowest BCUT2D eigenvalue weighted by atomic mass is 10.2. The normalized spacial score (nSPS) is 10.7. The van der Waals surface area contributed by atoms with E-state index in [0.29, 0.717) is 15.7 Å². The van der Waals surface area contributed by atoms with Gasteiger partial charge in [0.1, 0.15) is 5.75 Å². The van der Waals surface area contributed by atoms with E-state index in [2.05, 4.69) is 32.9 Å². The van der Waals surface area contributed by atoms with Crippen LogP contribution < -0.4 is 10.1 Å². The molecule has 0 saturated carbocycles. The van der Waals surface area contributed by atoms with Gasteiger partial charge < -0.3 is 4.74 Å². The molecule has 0 atom stereocenters. The molecule has 7 heteroatoms. The molecule has 0 aliphatic carbocycles. The van der Waals surface area contributed by atoms with Crippen molar-refractivity contribution in [3.8, 4) is 5.75 Å². The second-order valence-corrected chi connectivity index (χ2v) is 7.06. The zero-order chi connectivity index (χ0) is 15.7. The van der Waals surface area contributed by atoms with Crippen LogP contribution >= 0.6 is 45.5 Å². The van der Waals surface area contributed by atoms with E-state index in [4.69, 9.17) is 16.3 Å². The van der Waals surface area contributed by atoms with Crippen molar-refractivity contribution in [2.45, 2.75) is 0 Å². The second kappa shape index (κ2) is 6.39. The van der Waals surface area contributed by atoms with E-state index >= 15 is 0 Å². The van der Waals surface area contributed by atoms with Crippen molar-refractivity contribution < 1.29 is 9.53 Å². The summed E-state index contributed by atoms with van der Waals surface area (Å²) in [5.74, 6) is 0.538. The maximum atomic E-state index is 12.4. The lowest BCUT2D eigenvalue weighted by Gasteiger charge is -2.04. The molecule has 0 saturated heterocycles. The minimum atomic E-state index is -0.224. The number of anilines is 1. The van der Waals surface area contributed by atoms with Gasteiger partial charge in [0.25, 0.3) is 5.91 Å². The predicted octanol–water partition coefficient (Wildman–Crippen LogP) is 4.82. The Morgan fingerprint density at radius 1 is 1.32 bits per heavy atom. The Morgan fingerprint density at radius 2 is 2.14 bits per heavy atom. The summed E-state index contributed by atoms with van der Waals surface area (Å²) in [6.45, 7) is 0. The first kappa shape index (κ1) is 15.5. The zero-order valence-electron chi connectivity index (χ0n) is 11.4. The molecule has 1 N–H and O–H groups in total. The van der Waals surface area contributed by atoms with Gasteiger partial charge in [-0.3, -0.25) is 10.1 Å². The number of thiazole rings is 1. The molecule has 112 valence electrons. The Labute approximate surface area is 149 Å². The molecular formula is C15H10ClIN2O2S. The van der Waals surface area contributed by atoms with Crippen LogP contribution in [0.15, 0.2) is 36.4 Å². The van der Waals surface area contributed by atoms with Crippen LogP contribution in [0.2, 0.25) is 5.02 Å². The van der Waals surface area contributed by atoms with E-state index in [9.17, 15) is 4.79 Å². The quantitative estimate of drug-likeness (QED) is 0.590. The van der Waals surface area contributed by atoms with Gasteiger partial charge in [-0.15, -0.1) is 0 Å². The van der Waals surface area contributed by atoms with Crippen LogP contribution in [-0.2, 0) is 0 Å². The third kappa shape index (κ3) is 3.18. The van der Waals surface area contributed by atoms with E-state index in [0.717, 1.165) is 19.5 Å². The molecule has 1 aromatic heterocycles. The first-order valence-corrected chi connectivity index (χ1v) is 8.55. The fourth-order valence-corrected chi connectivity index (χ4v) is 3.56. The topological polar surface area (TPSA) is 51.2 Å². The number of hydrogen-bond donors (Lipinski definition) is 1. The number of amides is 1. The van der Waals surface area contributed by atoms with Crippen molar-refractivity contribution >= 4 is 66.8 Å². The predicted molar refractivity (Wildman–Crippen MR) is 98.3 cm³/mol. The Hall–Kier alpha value is -1.38. The van der Waals surface area contributed by atoms with Gasteiger partial charge in [-0.2, -0.15) is 0 Å². The molecule has 0 aliphatic rings. The van der Waals surface area contributed by atoms with Gasteiger partial charge in [0.05, 0.1) is 22.9 Å². The average molecular weight is 445 g/mol. The highest BCUT2D eigenvalue weighted by Crippen LogP contribution is 2.29. The Bertz CT molecular complexity index is 866. The summed E-state index contributed by atoms with van der Waals surface area (Å²) in [4.78, 5) is 16.8. The number of benzene rings is 2. The zero-order valence-corrected chi connectivity index (χ0v) is 15.1. The third-order valence-electron chi connectivity index (χ3n) is 2.99. The van der Waals surface area contributed by atoms with Gasteiger partial charge in [-0.1, -0.05) is 22.9 Å². The van der Waals surface area contributed by atoms with Crippen LogP contribution in [0.4, 0.5) is 5.13 Å². The molecule has 0 aliphatic heterocycles. The minimum absolute atomic E-state index is 0.224. The van der Waals surface area contributed by atoms with Crippen LogP contribution in [-0.4, -0.2) is 18.0 Å². The largest absolute Gasteiger partial charge is 0.497 e. The number of hydrogen-bond acceptors (Lipinski definition) is 4. The molecule has 0 bridgehead atoms. The second-order valence-electron chi connectivity index (χ2n) is 4.43. The molecule has 0 fully saturated rings. The smallest absolute Gasteiger partial charge is 0.258 e. The summed E-state index contributed by atoms with van der Waals surface area (Å²) >= 11 is 9.46. The molecule has 3 rings (SSSR count).